The predicted octanol–water partition coefficient (Wildman–Crippen LogP) is 3.65. The molecule has 0 saturated carbocycles. The molecule has 3 aromatic rings. The fourth-order valence-corrected chi connectivity index (χ4v) is 3.11. The van der Waals surface area contributed by atoms with Crippen LogP contribution in [0.15, 0.2) is 47.1 Å². The SMILES string of the molecule is Clc1ccccc1-c1ccc(CNc2ncnc3c2CCNC3)o1. The first-order valence-corrected chi connectivity index (χ1v) is 8.30. The number of rotatable bonds is 4. The van der Waals surface area contributed by atoms with Gasteiger partial charge in [-0.3, -0.25) is 0 Å². The van der Waals surface area contributed by atoms with E-state index in [2.05, 4.69) is 20.6 Å². The molecule has 0 bridgehead atoms. The van der Waals surface area contributed by atoms with Crippen LogP contribution in [0.1, 0.15) is 17.0 Å². The van der Waals surface area contributed by atoms with Gasteiger partial charge in [0.1, 0.15) is 23.7 Å². The molecule has 0 fully saturated rings. The smallest absolute Gasteiger partial charge is 0.135 e. The minimum atomic E-state index is 0.571. The summed E-state index contributed by atoms with van der Waals surface area (Å²) in [5, 5.41) is 7.37. The van der Waals surface area contributed by atoms with Gasteiger partial charge in [-0.15, -0.1) is 0 Å². The van der Waals surface area contributed by atoms with Crippen molar-refractivity contribution in [3.05, 3.63) is 64.8 Å². The maximum absolute atomic E-state index is 6.22. The Labute approximate surface area is 145 Å². The summed E-state index contributed by atoms with van der Waals surface area (Å²) < 4.78 is 5.91. The molecule has 6 heteroatoms. The van der Waals surface area contributed by atoms with E-state index < -0.39 is 0 Å². The Balaban J connectivity index is 1.51. The van der Waals surface area contributed by atoms with Crippen LogP contribution in [-0.4, -0.2) is 16.5 Å². The molecular formula is C18H17ClN4O. The van der Waals surface area contributed by atoms with Crippen LogP contribution < -0.4 is 10.6 Å². The molecule has 0 amide bonds. The van der Waals surface area contributed by atoms with Crippen LogP contribution in [0, 0.1) is 0 Å². The van der Waals surface area contributed by atoms with Gasteiger partial charge in [-0.1, -0.05) is 23.7 Å². The lowest BCUT2D eigenvalue weighted by Gasteiger charge is -2.18. The maximum atomic E-state index is 6.22. The summed E-state index contributed by atoms with van der Waals surface area (Å²) in [6, 6.07) is 11.6. The van der Waals surface area contributed by atoms with Gasteiger partial charge < -0.3 is 15.1 Å². The molecule has 1 aliphatic heterocycles. The Morgan fingerprint density at radius 3 is 3.00 bits per heavy atom. The minimum absolute atomic E-state index is 0.571. The number of nitrogens with one attached hydrogen (secondary N) is 2. The Kier molecular flexibility index (Phi) is 4.19. The van der Waals surface area contributed by atoms with E-state index in [0.29, 0.717) is 11.6 Å². The highest BCUT2D eigenvalue weighted by Crippen LogP contribution is 2.29. The van der Waals surface area contributed by atoms with Crippen LogP contribution in [0.4, 0.5) is 5.82 Å². The summed E-state index contributed by atoms with van der Waals surface area (Å²) in [7, 11) is 0. The summed E-state index contributed by atoms with van der Waals surface area (Å²) >= 11 is 6.22. The second-order valence-electron chi connectivity index (χ2n) is 5.67. The summed E-state index contributed by atoms with van der Waals surface area (Å²) in [4.78, 5) is 8.71. The number of hydrogen-bond acceptors (Lipinski definition) is 5. The number of anilines is 1. The molecule has 4 rings (SSSR count). The largest absolute Gasteiger partial charge is 0.459 e. The van der Waals surface area contributed by atoms with Crippen molar-refractivity contribution in [1.29, 1.82) is 0 Å². The fraction of sp³-hybridized carbons (Fsp3) is 0.222. The standard InChI is InChI=1S/C18H17ClN4O/c19-15-4-2-1-3-13(15)17-6-5-12(24-17)9-21-18-14-7-8-20-10-16(14)22-11-23-18/h1-6,11,20H,7-10H2,(H,21,22,23). The van der Waals surface area contributed by atoms with Crippen LogP contribution in [0.25, 0.3) is 11.3 Å². The fourth-order valence-electron chi connectivity index (χ4n) is 2.89. The molecule has 0 radical (unpaired) electrons. The van der Waals surface area contributed by atoms with E-state index in [4.69, 9.17) is 16.0 Å². The highest BCUT2D eigenvalue weighted by atomic mass is 35.5. The normalized spacial score (nSPS) is 13.5. The minimum Gasteiger partial charge on any atom is -0.459 e. The van der Waals surface area contributed by atoms with Crippen LogP contribution in [0.3, 0.4) is 0 Å². The molecule has 3 heterocycles. The second kappa shape index (κ2) is 6.63. The molecule has 0 spiro atoms. The number of fused-ring (bicyclic) bond motifs is 1. The van der Waals surface area contributed by atoms with E-state index in [1.807, 2.05) is 36.4 Å². The van der Waals surface area contributed by atoms with Crippen molar-refractivity contribution in [2.45, 2.75) is 19.5 Å². The molecule has 0 aliphatic carbocycles. The summed E-state index contributed by atoms with van der Waals surface area (Å²) in [6.45, 7) is 2.32. The van der Waals surface area contributed by atoms with Crippen molar-refractivity contribution in [1.82, 2.24) is 15.3 Å². The van der Waals surface area contributed by atoms with Crippen molar-refractivity contribution in [2.75, 3.05) is 11.9 Å². The lowest BCUT2D eigenvalue weighted by atomic mass is 10.1. The van der Waals surface area contributed by atoms with Crippen molar-refractivity contribution >= 4 is 17.4 Å². The molecule has 1 aliphatic rings. The van der Waals surface area contributed by atoms with Gasteiger partial charge >= 0.3 is 0 Å². The number of halogens is 1. The van der Waals surface area contributed by atoms with Gasteiger partial charge in [0.25, 0.3) is 0 Å². The summed E-state index contributed by atoms with van der Waals surface area (Å²) in [5.41, 5.74) is 3.15. The quantitative estimate of drug-likeness (QED) is 0.759. The van der Waals surface area contributed by atoms with E-state index in [1.54, 1.807) is 6.33 Å². The number of furan rings is 1. The van der Waals surface area contributed by atoms with Gasteiger partial charge in [0.15, 0.2) is 0 Å². The number of nitrogens with zero attached hydrogens (tertiary/aromatic N) is 2. The average Bonchev–Trinajstić information content (AvgIpc) is 3.09. The molecule has 2 N–H and O–H groups in total. The molecule has 2 aromatic heterocycles. The summed E-state index contributed by atoms with van der Waals surface area (Å²) in [5.74, 6) is 2.50. The van der Waals surface area contributed by atoms with Crippen LogP contribution in [0.5, 0.6) is 0 Å². The van der Waals surface area contributed by atoms with Crippen LogP contribution in [-0.2, 0) is 19.5 Å². The van der Waals surface area contributed by atoms with Crippen molar-refractivity contribution in [3.8, 4) is 11.3 Å². The van der Waals surface area contributed by atoms with Crippen molar-refractivity contribution < 1.29 is 4.42 Å². The molecule has 5 nitrogen and oxygen atoms in total. The molecule has 0 atom stereocenters. The van der Waals surface area contributed by atoms with Crippen LogP contribution >= 0.6 is 11.6 Å². The van der Waals surface area contributed by atoms with Gasteiger partial charge in [-0.05, 0) is 37.2 Å². The number of benzene rings is 1. The van der Waals surface area contributed by atoms with Gasteiger partial charge in [-0.25, -0.2) is 9.97 Å². The number of hydrogen-bond donors (Lipinski definition) is 2. The van der Waals surface area contributed by atoms with Gasteiger partial charge in [0.05, 0.1) is 17.3 Å². The van der Waals surface area contributed by atoms with E-state index in [-0.39, 0.29) is 0 Å². The third-order valence-corrected chi connectivity index (χ3v) is 4.44. The predicted molar refractivity (Wildman–Crippen MR) is 93.9 cm³/mol. The highest BCUT2D eigenvalue weighted by molar-refractivity contribution is 6.33. The van der Waals surface area contributed by atoms with Crippen molar-refractivity contribution in [3.63, 3.8) is 0 Å². The zero-order valence-electron chi connectivity index (χ0n) is 13.1. The summed E-state index contributed by atoms with van der Waals surface area (Å²) in [6.07, 6.45) is 2.53. The molecule has 1 aromatic carbocycles. The van der Waals surface area contributed by atoms with E-state index >= 15 is 0 Å². The molecule has 24 heavy (non-hydrogen) atoms. The van der Waals surface area contributed by atoms with Crippen molar-refractivity contribution in [2.24, 2.45) is 0 Å². The zero-order valence-corrected chi connectivity index (χ0v) is 13.8. The highest BCUT2D eigenvalue weighted by Gasteiger charge is 2.15. The Bertz CT molecular complexity index is 862. The average molecular weight is 341 g/mol. The first kappa shape index (κ1) is 15.2. The number of aromatic nitrogens is 2. The first-order chi connectivity index (χ1) is 11.8. The van der Waals surface area contributed by atoms with E-state index in [9.17, 15) is 0 Å². The van der Waals surface area contributed by atoms with E-state index in [1.165, 1.54) is 5.56 Å². The Morgan fingerprint density at radius 1 is 1.17 bits per heavy atom. The maximum Gasteiger partial charge on any atom is 0.135 e. The first-order valence-electron chi connectivity index (χ1n) is 7.92. The molecule has 0 saturated heterocycles. The Morgan fingerprint density at radius 2 is 2.08 bits per heavy atom. The monoisotopic (exact) mass is 340 g/mol. The van der Waals surface area contributed by atoms with E-state index in [0.717, 1.165) is 48.1 Å². The second-order valence-corrected chi connectivity index (χ2v) is 6.08. The lowest BCUT2D eigenvalue weighted by molar-refractivity contribution is 0.530. The lowest BCUT2D eigenvalue weighted by Crippen LogP contribution is -2.26. The third-order valence-electron chi connectivity index (χ3n) is 4.11. The zero-order chi connectivity index (χ0) is 16.4. The van der Waals surface area contributed by atoms with Gasteiger partial charge in [-0.2, -0.15) is 0 Å². The topological polar surface area (TPSA) is 63.0 Å². The molecule has 0 unspecified atom stereocenters. The third kappa shape index (κ3) is 3.00. The molecular weight excluding hydrogens is 324 g/mol. The Hall–Kier alpha value is -2.37. The van der Waals surface area contributed by atoms with Gasteiger partial charge in [0.2, 0.25) is 0 Å². The molecule has 122 valence electrons. The van der Waals surface area contributed by atoms with Gasteiger partial charge in [0, 0.05) is 17.7 Å². The van der Waals surface area contributed by atoms with Crippen LogP contribution in [0.2, 0.25) is 5.02 Å².